The summed E-state index contributed by atoms with van der Waals surface area (Å²) in [5.41, 5.74) is 0.409. The number of methoxy groups -OCH3 is 2. The van der Waals surface area contributed by atoms with Gasteiger partial charge in [0.15, 0.2) is 11.5 Å². The Morgan fingerprint density at radius 3 is 2.43 bits per heavy atom. The van der Waals surface area contributed by atoms with Gasteiger partial charge in [-0.3, -0.25) is 14.9 Å². The predicted octanol–water partition coefficient (Wildman–Crippen LogP) is 2.03. The SMILES string of the molecule is COc1cc(N2CCC(=O)C(C)C2)c([N+](=O)[O-])cc1OC. The van der Waals surface area contributed by atoms with Crippen molar-refractivity contribution in [3.8, 4) is 11.5 Å². The van der Waals surface area contributed by atoms with E-state index in [-0.39, 0.29) is 17.4 Å². The lowest BCUT2D eigenvalue weighted by Crippen LogP contribution is -2.39. The van der Waals surface area contributed by atoms with Crippen LogP contribution >= 0.6 is 0 Å². The summed E-state index contributed by atoms with van der Waals surface area (Å²) in [5, 5.41) is 11.3. The third-order valence-electron chi connectivity index (χ3n) is 3.69. The van der Waals surface area contributed by atoms with Gasteiger partial charge in [-0.25, -0.2) is 0 Å². The topological polar surface area (TPSA) is 81.9 Å². The summed E-state index contributed by atoms with van der Waals surface area (Å²) >= 11 is 0. The van der Waals surface area contributed by atoms with Gasteiger partial charge in [-0.2, -0.15) is 0 Å². The van der Waals surface area contributed by atoms with Gasteiger partial charge in [0.2, 0.25) is 0 Å². The van der Waals surface area contributed by atoms with Crippen molar-refractivity contribution in [1.29, 1.82) is 0 Å². The first-order valence-electron chi connectivity index (χ1n) is 6.66. The van der Waals surface area contributed by atoms with Crippen LogP contribution in [0.4, 0.5) is 11.4 Å². The largest absolute Gasteiger partial charge is 0.493 e. The molecule has 1 aliphatic heterocycles. The van der Waals surface area contributed by atoms with Crippen molar-refractivity contribution in [1.82, 2.24) is 0 Å². The number of Topliss-reactive ketones (excluding diaryl/α,β-unsaturated/α-hetero) is 1. The molecule has 0 amide bonds. The molecule has 1 atom stereocenters. The zero-order chi connectivity index (χ0) is 15.6. The summed E-state index contributed by atoms with van der Waals surface area (Å²) in [6.45, 7) is 2.77. The van der Waals surface area contributed by atoms with Crippen LogP contribution in [0.5, 0.6) is 11.5 Å². The van der Waals surface area contributed by atoms with E-state index in [1.807, 2.05) is 11.8 Å². The molecule has 1 aromatic rings. The second-order valence-electron chi connectivity index (χ2n) is 5.02. The van der Waals surface area contributed by atoms with Crippen LogP contribution < -0.4 is 14.4 Å². The van der Waals surface area contributed by atoms with Crippen LogP contribution in [0.15, 0.2) is 12.1 Å². The fraction of sp³-hybridized carbons (Fsp3) is 0.500. The number of carbonyl (C=O) groups is 1. The highest BCUT2D eigenvalue weighted by molar-refractivity contribution is 5.84. The molecule has 0 spiro atoms. The molecule has 0 bridgehead atoms. The number of ketones is 1. The first-order valence-corrected chi connectivity index (χ1v) is 6.66. The van der Waals surface area contributed by atoms with Gasteiger partial charge in [0, 0.05) is 31.5 Å². The standard InChI is InChI=1S/C14H18N2O5/c1-9-8-15(5-4-12(9)17)10-6-13(20-2)14(21-3)7-11(10)16(18)19/h6-7,9H,4-5,8H2,1-3H3. The van der Waals surface area contributed by atoms with E-state index < -0.39 is 4.92 Å². The van der Waals surface area contributed by atoms with E-state index in [1.54, 1.807) is 6.07 Å². The van der Waals surface area contributed by atoms with Crippen LogP contribution in [0.25, 0.3) is 0 Å². The highest BCUT2D eigenvalue weighted by Gasteiger charge is 2.29. The Kier molecular flexibility index (Phi) is 4.30. The third-order valence-corrected chi connectivity index (χ3v) is 3.69. The molecule has 1 unspecified atom stereocenters. The summed E-state index contributed by atoms with van der Waals surface area (Å²) in [6.07, 6.45) is 0.396. The molecule has 21 heavy (non-hydrogen) atoms. The molecule has 7 nitrogen and oxygen atoms in total. The minimum atomic E-state index is -0.446. The summed E-state index contributed by atoms with van der Waals surface area (Å²) in [6, 6.07) is 2.95. The molecule has 1 saturated heterocycles. The molecule has 114 valence electrons. The Bertz CT molecular complexity index is 573. The van der Waals surface area contributed by atoms with Crippen LogP contribution in [0.1, 0.15) is 13.3 Å². The average Bonchev–Trinajstić information content (AvgIpc) is 2.48. The molecule has 1 aromatic carbocycles. The highest BCUT2D eigenvalue weighted by Crippen LogP contribution is 2.40. The molecule has 0 radical (unpaired) electrons. The van der Waals surface area contributed by atoms with E-state index >= 15 is 0 Å². The molecule has 0 N–H and O–H groups in total. The lowest BCUT2D eigenvalue weighted by atomic mass is 9.98. The number of nitro benzene ring substituents is 1. The van der Waals surface area contributed by atoms with Crippen LogP contribution in [0.2, 0.25) is 0 Å². The van der Waals surface area contributed by atoms with Gasteiger partial charge < -0.3 is 14.4 Å². The third kappa shape index (κ3) is 2.91. The van der Waals surface area contributed by atoms with Crippen molar-refractivity contribution in [2.45, 2.75) is 13.3 Å². The summed E-state index contributed by atoms with van der Waals surface area (Å²) in [5.74, 6) is 0.803. The van der Waals surface area contributed by atoms with Crippen LogP contribution in [-0.4, -0.2) is 38.0 Å². The quantitative estimate of drug-likeness (QED) is 0.624. The van der Waals surface area contributed by atoms with E-state index in [1.165, 1.54) is 20.3 Å². The summed E-state index contributed by atoms with van der Waals surface area (Å²) < 4.78 is 10.3. The zero-order valence-electron chi connectivity index (χ0n) is 12.3. The normalized spacial score (nSPS) is 18.5. The van der Waals surface area contributed by atoms with Gasteiger partial charge in [0.1, 0.15) is 11.5 Å². The predicted molar refractivity (Wildman–Crippen MR) is 77.2 cm³/mol. The minimum Gasteiger partial charge on any atom is -0.493 e. The van der Waals surface area contributed by atoms with Crippen LogP contribution in [0.3, 0.4) is 0 Å². The number of nitro groups is 1. The summed E-state index contributed by atoms with van der Waals surface area (Å²) in [7, 11) is 2.92. The van der Waals surface area contributed by atoms with E-state index in [2.05, 4.69) is 0 Å². The Morgan fingerprint density at radius 2 is 1.90 bits per heavy atom. The number of hydrogen-bond donors (Lipinski definition) is 0. The molecular weight excluding hydrogens is 276 g/mol. The number of piperidine rings is 1. The van der Waals surface area contributed by atoms with Crippen molar-refractivity contribution in [2.24, 2.45) is 5.92 Å². The first kappa shape index (κ1) is 15.1. The summed E-state index contributed by atoms with van der Waals surface area (Å²) in [4.78, 5) is 24.3. The number of ether oxygens (including phenoxy) is 2. The Labute approximate surface area is 122 Å². The van der Waals surface area contributed by atoms with E-state index in [0.29, 0.717) is 36.7 Å². The molecule has 0 aromatic heterocycles. The molecule has 0 aliphatic carbocycles. The number of benzene rings is 1. The van der Waals surface area contributed by atoms with E-state index in [4.69, 9.17) is 9.47 Å². The van der Waals surface area contributed by atoms with Gasteiger partial charge in [-0.15, -0.1) is 0 Å². The van der Waals surface area contributed by atoms with Crippen LogP contribution in [0, 0.1) is 16.0 Å². The van der Waals surface area contributed by atoms with Crippen molar-refractivity contribution < 1.29 is 19.2 Å². The maximum absolute atomic E-state index is 11.6. The van der Waals surface area contributed by atoms with Gasteiger partial charge in [-0.1, -0.05) is 6.92 Å². The molecule has 0 saturated carbocycles. The van der Waals surface area contributed by atoms with Crippen molar-refractivity contribution >= 4 is 17.2 Å². The minimum absolute atomic E-state index is 0.0470. The second-order valence-corrected chi connectivity index (χ2v) is 5.02. The van der Waals surface area contributed by atoms with Gasteiger partial charge in [-0.05, 0) is 0 Å². The molecule has 1 fully saturated rings. The van der Waals surface area contributed by atoms with Gasteiger partial charge in [0.05, 0.1) is 25.2 Å². The Morgan fingerprint density at radius 1 is 1.29 bits per heavy atom. The Balaban J connectivity index is 2.46. The van der Waals surface area contributed by atoms with Gasteiger partial charge in [0.25, 0.3) is 5.69 Å². The first-order chi connectivity index (χ1) is 9.97. The maximum atomic E-state index is 11.6. The smallest absolute Gasteiger partial charge is 0.296 e. The van der Waals surface area contributed by atoms with Crippen molar-refractivity contribution in [3.63, 3.8) is 0 Å². The highest BCUT2D eigenvalue weighted by atomic mass is 16.6. The zero-order valence-corrected chi connectivity index (χ0v) is 12.3. The van der Waals surface area contributed by atoms with E-state index in [9.17, 15) is 14.9 Å². The number of anilines is 1. The van der Waals surface area contributed by atoms with Crippen LogP contribution in [-0.2, 0) is 4.79 Å². The Hall–Kier alpha value is -2.31. The number of hydrogen-bond acceptors (Lipinski definition) is 6. The molecule has 1 heterocycles. The van der Waals surface area contributed by atoms with E-state index in [0.717, 1.165) is 0 Å². The number of carbonyl (C=O) groups excluding carboxylic acids is 1. The fourth-order valence-electron chi connectivity index (χ4n) is 2.49. The molecule has 7 heteroatoms. The average molecular weight is 294 g/mol. The molecular formula is C14H18N2O5. The van der Waals surface area contributed by atoms with Crippen molar-refractivity contribution in [3.05, 3.63) is 22.2 Å². The maximum Gasteiger partial charge on any atom is 0.296 e. The molecule has 1 aliphatic rings. The fourth-order valence-corrected chi connectivity index (χ4v) is 2.49. The lowest BCUT2D eigenvalue weighted by molar-refractivity contribution is -0.384. The number of rotatable bonds is 4. The van der Waals surface area contributed by atoms with Gasteiger partial charge >= 0.3 is 0 Å². The molecule has 2 rings (SSSR count). The second kappa shape index (κ2) is 5.99. The number of nitrogens with zero attached hydrogens (tertiary/aromatic N) is 2. The monoisotopic (exact) mass is 294 g/mol. The lowest BCUT2D eigenvalue weighted by Gasteiger charge is -2.31. The van der Waals surface area contributed by atoms with Crippen molar-refractivity contribution in [2.75, 3.05) is 32.2 Å².